The molecule has 2 heterocycles. The molecule has 0 saturated heterocycles. The molecule has 2 nitrogen and oxygen atoms in total. The van der Waals surface area contributed by atoms with Crippen molar-refractivity contribution in [1.82, 2.24) is 0 Å². The minimum Gasteiger partial charge on any atom is -0.253 e. The number of benzene rings is 1. The topological polar surface area (TPSA) is 24.7 Å². The first kappa shape index (κ1) is 13.9. The molecule has 0 aliphatic carbocycles. The molecule has 0 aliphatic heterocycles. The van der Waals surface area contributed by atoms with Crippen molar-refractivity contribution in [2.75, 3.05) is 0 Å². The zero-order valence-corrected chi connectivity index (χ0v) is 13.2. The molecule has 3 rings (SSSR count). The second kappa shape index (κ2) is 6.61. The van der Waals surface area contributed by atoms with E-state index < -0.39 is 0 Å². The van der Waals surface area contributed by atoms with Gasteiger partial charge < -0.3 is 0 Å². The number of thiophene rings is 2. The Morgan fingerprint density at radius 2 is 1.43 bits per heavy atom. The summed E-state index contributed by atoms with van der Waals surface area (Å²) in [6.45, 7) is 2.07. The predicted octanol–water partition coefficient (Wildman–Crippen LogP) is 5.62. The summed E-state index contributed by atoms with van der Waals surface area (Å²) in [7, 11) is 0. The Kier molecular flexibility index (Phi) is 4.38. The quantitative estimate of drug-likeness (QED) is 0.559. The number of rotatable bonds is 4. The van der Waals surface area contributed by atoms with Gasteiger partial charge in [0, 0.05) is 22.2 Å². The van der Waals surface area contributed by atoms with Crippen LogP contribution in [0.5, 0.6) is 0 Å². The molecular weight excluding hydrogens is 296 g/mol. The molecule has 3 aromatic rings. The van der Waals surface area contributed by atoms with Gasteiger partial charge in [0.05, 0.1) is 11.4 Å². The molecule has 104 valence electrons. The van der Waals surface area contributed by atoms with E-state index >= 15 is 0 Å². The van der Waals surface area contributed by atoms with Crippen molar-refractivity contribution in [3.05, 3.63) is 68.5 Å². The summed E-state index contributed by atoms with van der Waals surface area (Å²) < 4.78 is 0. The van der Waals surface area contributed by atoms with Crippen molar-refractivity contribution < 1.29 is 0 Å². The molecular formula is C17H14N2S2. The lowest BCUT2D eigenvalue weighted by molar-refractivity contribution is 1.40. The highest BCUT2D eigenvalue weighted by atomic mass is 32.1. The standard InChI is InChI=1S/C17H14N2S2/c1-13-6-7-16(18-11-14-4-2-8-20-14)17(10-13)19-12-15-5-3-9-21-15/h2-12H,1H3. The molecule has 0 saturated carbocycles. The Morgan fingerprint density at radius 1 is 0.810 bits per heavy atom. The smallest absolute Gasteiger partial charge is 0.0889 e. The molecule has 4 heteroatoms. The molecule has 2 aromatic heterocycles. The molecule has 0 unspecified atom stereocenters. The maximum atomic E-state index is 4.58. The van der Waals surface area contributed by atoms with Crippen LogP contribution in [-0.4, -0.2) is 12.4 Å². The van der Waals surface area contributed by atoms with Gasteiger partial charge >= 0.3 is 0 Å². The Bertz CT molecular complexity index is 754. The minimum absolute atomic E-state index is 0.891. The monoisotopic (exact) mass is 310 g/mol. The highest BCUT2D eigenvalue weighted by Crippen LogP contribution is 2.29. The Labute approximate surface area is 132 Å². The van der Waals surface area contributed by atoms with Crippen molar-refractivity contribution in [1.29, 1.82) is 0 Å². The summed E-state index contributed by atoms with van der Waals surface area (Å²) in [4.78, 5) is 11.4. The first-order valence-electron chi connectivity index (χ1n) is 6.57. The van der Waals surface area contributed by atoms with Gasteiger partial charge in [0.25, 0.3) is 0 Å². The third-order valence-corrected chi connectivity index (χ3v) is 4.49. The Morgan fingerprint density at radius 3 is 2.00 bits per heavy atom. The molecule has 0 N–H and O–H groups in total. The average Bonchev–Trinajstić information content (AvgIpc) is 3.17. The summed E-state index contributed by atoms with van der Waals surface area (Å²) in [6, 6.07) is 14.3. The summed E-state index contributed by atoms with van der Waals surface area (Å²) in [5.74, 6) is 0. The van der Waals surface area contributed by atoms with Crippen molar-refractivity contribution in [2.24, 2.45) is 9.98 Å². The number of hydrogen-bond acceptors (Lipinski definition) is 4. The van der Waals surface area contributed by atoms with Crippen molar-refractivity contribution in [3.63, 3.8) is 0 Å². The van der Waals surface area contributed by atoms with Crippen LogP contribution in [0, 0.1) is 6.92 Å². The van der Waals surface area contributed by atoms with E-state index in [1.807, 2.05) is 41.4 Å². The molecule has 21 heavy (non-hydrogen) atoms. The van der Waals surface area contributed by atoms with Gasteiger partial charge in [0.2, 0.25) is 0 Å². The molecule has 0 radical (unpaired) electrons. The molecule has 0 atom stereocenters. The Balaban J connectivity index is 1.89. The normalized spacial score (nSPS) is 11.7. The Hall–Kier alpha value is -2.04. The zero-order chi connectivity index (χ0) is 14.5. The third kappa shape index (κ3) is 3.74. The van der Waals surface area contributed by atoms with Crippen LogP contribution in [0.2, 0.25) is 0 Å². The van der Waals surface area contributed by atoms with Crippen LogP contribution in [0.1, 0.15) is 15.3 Å². The largest absolute Gasteiger partial charge is 0.253 e. The lowest BCUT2D eigenvalue weighted by atomic mass is 10.2. The highest BCUT2D eigenvalue weighted by Gasteiger charge is 2.00. The second-order valence-electron chi connectivity index (χ2n) is 4.54. The van der Waals surface area contributed by atoms with E-state index in [1.165, 1.54) is 5.56 Å². The van der Waals surface area contributed by atoms with Gasteiger partial charge in [0.15, 0.2) is 0 Å². The molecule has 0 aliphatic rings. The first-order valence-corrected chi connectivity index (χ1v) is 8.33. The average molecular weight is 310 g/mol. The van der Waals surface area contributed by atoms with Gasteiger partial charge in [-0.1, -0.05) is 18.2 Å². The number of hydrogen-bond donors (Lipinski definition) is 0. The van der Waals surface area contributed by atoms with Crippen LogP contribution in [0.25, 0.3) is 0 Å². The first-order chi connectivity index (χ1) is 10.3. The van der Waals surface area contributed by atoms with E-state index in [1.54, 1.807) is 22.7 Å². The fourth-order valence-electron chi connectivity index (χ4n) is 1.84. The summed E-state index contributed by atoms with van der Waals surface area (Å²) >= 11 is 3.35. The van der Waals surface area contributed by atoms with Gasteiger partial charge in [-0.25, -0.2) is 0 Å². The summed E-state index contributed by atoms with van der Waals surface area (Å²) in [5, 5.41) is 4.10. The van der Waals surface area contributed by atoms with Gasteiger partial charge in [-0.05, 0) is 47.5 Å². The van der Waals surface area contributed by atoms with E-state index in [0.29, 0.717) is 0 Å². The van der Waals surface area contributed by atoms with Crippen molar-refractivity contribution in [2.45, 2.75) is 6.92 Å². The maximum absolute atomic E-state index is 4.58. The predicted molar refractivity (Wildman–Crippen MR) is 94.3 cm³/mol. The van der Waals surface area contributed by atoms with E-state index in [-0.39, 0.29) is 0 Å². The minimum atomic E-state index is 0.891. The summed E-state index contributed by atoms with van der Waals surface area (Å²) in [5.41, 5.74) is 2.97. The van der Waals surface area contributed by atoms with Crippen LogP contribution in [0.4, 0.5) is 11.4 Å². The van der Waals surface area contributed by atoms with Gasteiger partial charge in [0.1, 0.15) is 0 Å². The second-order valence-corrected chi connectivity index (χ2v) is 6.50. The molecule has 1 aromatic carbocycles. The molecule has 0 fully saturated rings. The number of nitrogens with zero attached hydrogens (tertiary/aromatic N) is 2. The molecule has 0 amide bonds. The fraction of sp³-hybridized carbons (Fsp3) is 0.0588. The van der Waals surface area contributed by atoms with E-state index in [9.17, 15) is 0 Å². The van der Waals surface area contributed by atoms with Gasteiger partial charge in [-0.3, -0.25) is 9.98 Å². The van der Waals surface area contributed by atoms with Crippen LogP contribution >= 0.6 is 22.7 Å². The zero-order valence-electron chi connectivity index (χ0n) is 11.6. The maximum Gasteiger partial charge on any atom is 0.0889 e. The van der Waals surface area contributed by atoms with Crippen LogP contribution in [0.15, 0.2) is 63.2 Å². The lowest BCUT2D eigenvalue weighted by Gasteiger charge is -2.01. The molecule has 0 bridgehead atoms. The number of aryl methyl sites for hydroxylation is 1. The van der Waals surface area contributed by atoms with Crippen LogP contribution in [0.3, 0.4) is 0 Å². The van der Waals surface area contributed by atoms with Gasteiger partial charge in [-0.2, -0.15) is 0 Å². The highest BCUT2D eigenvalue weighted by molar-refractivity contribution is 7.12. The molecule has 0 spiro atoms. The van der Waals surface area contributed by atoms with Crippen molar-refractivity contribution >= 4 is 46.5 Å². The van der Waals surface area contributed by atoms with E-state index in [0.717, 1.165) is 21.1 Å². The van der Waals surface area contributed by atoms with Crippen molar-refractivity contribution in [3.8, 4) is 0 Å². The third-order valence-electron chi connectivity index (χ3n) is 2.88. The van der Waals surface area contributed by atoms with E-state index in [4.69, 9.17) is 0 Å². The van der Waals surface area contributed by atoms with Gasteiger partial charge in [-0.15, -0.1) is 22.7 Å². The summed E-state index contributed by atoms with van der Waals surface area (Å²) in [6.07, 6.45) is 3.78. The van der Waals surface area contributed by atoms with Crippen LogP contribution < -0.4 is 0 Å². The lowest BCUT2D eigenvalue weighted by Crippen LogP contribution is -1.78. The number of aliphatic imine (C=N–C) groups is 2. The van der Waals surface area contributed by atoms with Crippen LogP contribution in [-0.2, 0) is 0 Å². The SMILES string of the molecule is Cc1ccc(N=Cc2cccs2)c(N=Cc2cccs2)c1. The fourth-order valence-corrected chi connectivity index (χ4v) is 3.01. The van der Waals surface area contributed by atoms with E-state index in [2.05, 4.69) is 41.2 Å².